The lowest BCUT2D eigenvalue weighted by Gasteiger charge is -2.13. The number of hydrogen-bond donors (Lipinski definition) is 0. The lowest BCUT2D eigenvalue weighted by atomic mass is 10.2. The number of nitro benzene ring substituents is 1. The Bertz CT molecular complexity index is 1260. The maximum atomic E-state index is 11.2. The zero-order valence-corrected chi connectivity index (χ0v) is 19.1. The molecular weight excluding hydrogens is 442 g/mol. The molecule has 1 aromatic heterocycles. The minimum absolute atomic E-state index is 0.00237. The fourth-order valence-electron chi connectivity index (χ4n) is 3.40. The van der Waals surface area contributed by atoms with Gasteiger partial charge in [-0.3, -0.25) is 14.7 Å². The zero-order chi connectivity index (χ0) is 23.2. The molecule has 4 rings (SSSR count). The summed E-state index contributed by atoms with van der Waals surface area (Å²) in [5.74, 6) is 2.88. The van der Waals surface area contributed by atoms with Gasteiger partial charge in [0.15, 0.2) is 5.16 Å². The molecule has 3 aromatic carbocycles. The molecule has 1 heterocycles. The van der Waals surface area contributed by atoms with Gasteiger partial charge in [0.2, 0.25) is 0 Å². The number of imidazole rings is 1. The van der Waals surface area contributed by atoms with Crippen LogP contribution in [0.25, 0.3) is 16.7 Å². The molecule has 4 aromatic rings. The first-order valence-corrected chi connectivity index (χ1v) is 11.4. The quantitative estimate of drug-likeness (QED) is 0.132. The van der Waals surface area contributed by atoms with Gasteiger partial charge in [0.05, 0.1) is 42.0 Å². The van der Waals surface area contributed by atoms with Gasteiger partial charge in [-0.25, -0.2) is 4.98 Å². The number of nitrogens with zero attached hydrogens (tertiary/aromatic N) is 3. The third-order valence-electron chi connectivity index (χ3n) is 4.86. The number of thioether (sulfide) groups is 1. The minimum Gasteiger partial charge on any atom is -0.495 e. The van der Waals surface area contributed by atoms with Crippen molar-refractivity contribution in [2.24, 2.45) is 0 Å². The highest BCUT2D eigenvalue weighted by Crippen LogP contribution is 2.33. The van der Waals surface area contributed by atoms with E-state index in [1.54, 1.807) is 13.2 Å². The highest BCUT2D eigenvalue weighted by molar-refractivity contribution is 7.99. The molecule has 170 valence electrons. The van der Waals surface area contributed by atoms with Crippen LogP contribution in [-0.4, -0.2) is 40.6 Å². The van der Waals surface area contributed by atoms with Gasteiger partial charge in [0, 0.05) is 17.9 Å². The van der Waals surface area contributed by atoms with E-state index >= 15 is 0 Å². The number of fused-ring (bicyclic) bond motifs is 1. The molecule has 0 spiro atoms. The molecule has 0 aliphatic heterocycles. The van der Waals surface area contributed by atoms with Crippen LogP contribution in [0.4, 0.5) is 5.69 Å². The Labute approximate surface area is 195 Å². The first-order valence-electron chi connectivity index (χ1n) is 10.4. The Balaban J connectivity index is 1.57. The monoisotopic (exact) mass is 465 g/mol. The molecule has 0 atom stereocenters. The second kappa shape index (κ2) is 10.3. The summed E-state index contributed by atoms with van der Waals surface area (Å²) in [6, 6.07) is 19.8. The van der Waals surface area contributed by atoms with Crippen molar-refractivity contribution < 1.29 is 19.1 Å². The van der Waals surface area contributed by atoms with Gasteiger partial charge < -0.3 is 14.2 Å². The van der Waals surface area contributed by atoms with Crippen molar-refractivity contribution in [2.45, 2.75) is 12.1 Å². The van der Waals surface area contributed by atoms with Gasteiger partial charge in [0.1, 0.15) is 17.2 Å². The summed E-state index contributed by atoms with van der Waals surface area (Å²) in [6.07, 6.45) is 0. The summed E-state index contributed by atoms with van der Waals surface area (Å²) in [5.41, 5.74) is 2.12. The SMILES string of the molecule is CCOc1ccc(OCCSc2nc3cc([N+](=O)[O-])ccc3n2-c2ccccc2OC)cc1. The molecule has 0 fully saturated rings. The predicted molar refractivity (Wildman–Crippen MR) is 128 cm³/mol. The number of hydrogen-bond acceptors (Lipinski definition) is 7. The van der Waals surface area contributed by atoms with Crippen LogP contribution < -0.4 is 14.2 Å². The van der Waals surface area contributed by atoms with E-state index in [0.29, 0.717) is 35.4 Å². The highest BCUT2D eigenvalue weighted by Gasteiger charge is 2.18. The molecule has 8 nitrogen and oxygen atoms in total. The molecular formula is C24H23N3O5S. The van der Waals surface area contributed by atoms with Gasteiger partial charge in [0.25, 0.3) is 5.69 Å². The van der Waals surface area contributed by atoms with E-state index in [4.69, 9.17) is 14.2 Å². The van der Waals surface area contributed by atoms with Crippen molar-refractivity contribution in [1.29, 1.82) is 0 Å². The standard InChI is InChI=1S/C24H23N3O5S/c1-3-31-18-9-11-19(12-10-18)32-14-15-33-24-25-20-16-17(27(28)29)8-13-21(20)26(24)22-6-4-5-7-23(22)30-2/h4-13,16H,3,14-15H2,1-2H3. The topological polar surface area (TPSA) is 88.6 Å². The van der Waals surface area contributed by atoms with E-state index in [9.17, 15) is 10.1 Å². The Morgan fingerprint density at radius 3 is 2.45 bits per heavy atom. The molecule has 0 saturated carbocycles. The summed E-state index contributed by atoms with van der Waals surface area (Å²) in [5, 5.41) is 11.9. The van der Waals surface area contributed by atoms with Crippen molar-refractivity contribution in [3.05, 3.63) is 76.8 Å². The number of rotatable bonds is 10. The highest BCUT2D eigenvalue weighted by atomic mass is 32.2. The fraction of sp³-hybridized carbons (Fsp3) is 0.208. The Kier molecular flexibility index (Phi) is 6.99. The maximum Gasteiger partial charge on any atom is 0.271 e. The molecule has 0 aliphatic carbocycles. The molecule has 0 amide bonds. The van der Waals surface area contributed by atoms with E-state index < -0.39 is 4.92 Å². The zero-order valence-electron chi connectivity index (χ0n) is 18.3. The number of methoxy groups -OCH3 is 1. The van der Waals surface area contributed by atoms with Crippen molar-refractivity contribution in [1.82, 2.24) is 9.55 Å². The van der Waals surface area contributed by atoms with Crippen molar-refractivity contribution in [3.8, 4) is 22.9 Å². The second-order valence-electron chi connectivity index (χ2n) is 6.93. The average Bonchev–Trinajstić information content (AvgIpc) is 3.20. The normalized spacial score (nSPS) is 10.8. The van der Waals surface area contributed by atoms with Crippen molar-refractivity contribution in [2.75, 3.05) is 26.1 Å². The Hall–Kier alpha value is -3.72. The molecule has 0 unspecified atom stereocenters. The molecule has 9 heteroatoms. The number of ether oxygens (including phenoxy) is 3. The fourth-order valence-corrected chi connectivity index (χ4v) is 4.23. The van der Waals surface area contributed by atoms with Gasteiger partial charge in [-0.05, 0) is 49.4 Å². The summed E-state index contributed by atoms with van der Waals surface area (Å²) < 4.78 is 18.8. The van der Waals surface area contributed by atoms with E-state index in [0.717, 1.165) is 22.7 Å². The van der Waals surface area contributed by atoms with E-state index in [1.165, 1.54) is 23.9 Å². The van der Waals surface area contributed by atoms with Crippen LogP contribution in [0.5, 0.6) is 17.2 Å². The molecule has 33 heavy (non-hydrogen) atoms. The largest absolute Gasteiger partial charge is 0.495 e. The van der Waals surface area contributed by atoms with Crippen LogP contribution in [0, 0.1) is 10.1 Å². The maximum absolute atomic E-state index is 11.2. The predicted octanol–water partition coefficient (Wildman–Crippen LogP) is 5.51. The molecule has 0 bridgehead atoms. The summed E-state index contributed by atoms with van der Waals surface area (Å²) in [4.78, 5) is 15.5. The molecule has 0 radical (unpaired) electrons. The number of aromatic nitrogens is 2. The summed E-state index contributed by atoms with van der Waals surface area (Å²) in [7, 11) is 1.61. The van der Waals surface area contributed by atoms with E-state index in [1.807, 2.05) is 60.0 Å². The van der Waals surface area contributed by atoms with Crippen LogP contribution in [0.15, 0.2) is 71.9 Å². The van der Waals surface area contributed by atoms with Crippen LogP contribution in [0.2, 0.25) is 0 Å². The van der Waals surface area contributed by atoms with Crippen LogP contribution in [0.3, 0.4) is 0 Å². The first-order chi connectivity index (χ1) is 16.1. The first kappa shape index (κ1) is 22.5. The average molecular weight is 466 g/mol. The molecule has 0 saturated heterocycles. The van der Waals surface area contributed by atoms with Gasteiger partial charge >= 0.3 is 0 Å². The number of para-hydroxylation sites is 2. The Morgan fingerprint density at radius 1 is 1.03 bits per heavy atom. The van der Waals surface area contributed by atoms with Gasteiger partial charge in [-0.2, -0.15) is 0 Å². The third kappa shape index (κ3) is 5.04. The molecule has 0 N–H and O–H groups in total. The smallest absolute Gasteiger partial charge is 0.271 e. The number of non-ortho nitro benzene ring substituents is 1. The van der Waals surface area contributed by atoms with Crippen molar-refractivity contribution >= 4 is 28.5 Å². The van der Waals surface area contributed by atoms with Crippen LogP contribution in [-0.2, 0) is 0 Å². The summed E-state index contributed by atoms with van der Waals surface area (Å²) in [6.45, 7) is 3.03. The van der Waals surface area contributed by atoms with E-state index in [-0.39, 0.29) is 5.69 Å². The number of benzene rings is 3. The third-order valence-corrected chi connectivity index (χ3v) is 5.76. The lowest BCUT2D eigenvalue weighted by Crippen LogP contribution is -2.03. The van der Waals surface area contributed by atoms with Crippen molar-refractivity contribution in [3.63, 3.8) is 0 Å². The molecule has 0 aliphatic rings. The van der Waals surface area contributed by atoms with Crippen LogP contribution in [0.1, 0.15) is 6.92 Å². The van der Waals surface area contributed by atoms with Crippen LogP contribution >= 0.6 is 11.8 Å². The minimum atomic E-state index is -0.418. The van der Waals surface area contributed by atoms with Gasteiger partial charge in [-0.1, -0.05) is 23.9 Å². The van der Waals surface area contributed by atoms with E-state index in [2.05, 4.69) is 4.98 Å². The lowest BCUT2D eigenvalue weighted by molar-refractivity contribution is -0.384. The second-order valence-corrected chi connectivity index (χ2v) is 8.00. The number of nitro groups is 1. The van der Waals surface area contributed by atoms with Gasteiger partial charge in [-0.15, -0.1) is 0 Å². The Morgan fingerprint density at radius 2 is 1.76 bits per heavy atom. The summed E-state index contributed by atoms with van der Waals surface area (Å²) >= 11 is 1.51.